The van der Waals surface area contributed by atoms with E-state index in [2.05, 4.69) is 17.1 Å². The Bertz CT molecular complexity index is 333. The van der Waals surface area contributed by atoms with E-state index >= 15 is 0 Å². The zero-order chi connectivity index (χ0) is 12.8. The zero-order valence-electron chi connectivity index (χ0n) is 11.7. The molecule has 2 atom stereocenters. The SMILES string of the molecule is CNC1CC(C)CCN(C23CCC(CC2)C3)C1=O. The number of amides is 1. The zero-order valence-corrected chi connectivity index (χ0v) is 11.7. The predicted octanol–water partition coefficient (Wildman–Crippen LogP) is 2.17. The first-order valence-corrected chi connectivity index (χ1v) is 7.63. The van der Waals surface area contributed by atoms with Gasteiger partial charge in [-0.1, -0.05) is 6.92 Å². The highest BCUT2D eigenvalue weighted by Crippen LogP contribution is 2.51. The second kappa shape index (κ2) is 4.52. The van der Waals surface area contributed by atoms with E-state index in [0.29, 0.717) is 11.8 Å². The summed E-state index contributed by atoms with van der Waals surface area (Å²) in [5, 5.41) is 3.24. The van der Waals surface area contributed by atoms with Crippen LogP contribution in [0.3, 0.4) is 0 Å². The summed E-state index contributed by atoms with van der Waals surface area (Å²) in [6.07, 6.45) is 8.68. The highest BCUT2D eigenvalue weighted by Gasteiger charge is 2.51. The van der Waals surface area contributed by atoms with Gasteiger partial charge in [-0.3, -0.25) is 4.79 Å². The van der Waals surface area contributed by atoms with Crippen LogP contribution in [0.4, 0.5) is 0 Å². The maximum atomic E-state index is 12.8. The topological polar surface area (TPSA) is 32.3 Å². The van der Waals surface area contributed by atoms with Crippen LogP contribution in [0.15, 0.2) is 0 Å². The monoisotopic (exact) mass is 250 g/mol. The van der Waals surface area contributed by atoms with Gasteiger partial charge in [0.05, 0.1) is 6.04 Å². The number of hydrogen-bond acceptors (Lipinski definition) is 2. The molecular weight excluding hydrogens is 224 g/mol. The van der Waals surface area contributed by atoms with Crippen LogP contribution in [0.2, 0.25) is 0 Å². The smallest absolute Gasteiger partial charge is 0.240 e. The maximum absolute atomic E-state index is 12.8. The number of nitrogens with zero attached hydrogens (tertiary/aromatic N) is 1. The van der Waals surface area contributed by atoms with Crippen molar-refractivity contribution in [3.63, 3.8) is 0 Å². The second-order valence-electron chi connectivity index (χ2n) is 6.83. The summed E-state index contributed by atoms with van der Waals surface area (Å²) in [5.74, 6) is 1.95. The van der Waals surface area contributed by atoms with Crippen LogP contribution in [0, 0.1) is 11.8 Å². The third-order valence-electron chi connectivity index (χ3n) is 5.67. The summed E-state index contributed by atoms with van der Waals surface area (Å²) in [6, 6.07) is 0.0523. The Morgan fingerprint density at radius 2 is 2.00 bits per heavy atom. The van der Waals surface area contributed by atoms with E-state index in [1.54, 1.807) is 0 Å². The lowest BCUT2D eigenvalue weighted by molar-refractivity contribution is -0.139. The molecule has 0 aromatic carbocycles. The first-order valence-electron chi connectivity index (χ1n) is 7.63. The van der Waals surface area contributed by atoms with Crippen molar-refractivity contribution in [1.82, 2.24) is 10.2 Å². The molecule has 2 unspecified atom stereocenters. The summed E-state index contributed by atoms with van der Waals surface area (Å²) in [7, 11) is 1.93. The first kappa shape index (κ1) is 12.5. The highest BCUT2D eigenvalue weighted by molar-refractivity contribution is 5.83. The molecule has 0 spiro atoms. The quantitative estimate of drug-likeness (QED) is 0.814. The van der Waals surface area contributed by atoms with Gasteiger partial charge in [0.2, 0.25) is 5.91 Å². The summed E-state index contributed by atoms with van der Waals surface area (Å²) in [4.78, 5) is 15.0. The lowest BCUT2D eigenvalue weighted by atomic mass is 9.91. The molecule has 1 aliphatic heterocycles. The van der Waals surface area contributed by atoms with E-state index in [4.69, 9.17) is 0 Å². The minimum atomic E-state index is 0.0523. The van der Waals surface area contributed by atoms with Crippen molar-refractivity contribution in [2.75, 3.05) is 13.6 Å². The number of rotatable bonds is 2. The Labute approximate surface area is 110 Å². The molecule has 3 nitrogen and oxygen atoms in total. The van der Waals surface area contributed by atoms with Gasteiger partial charge in [-0.25, -0.2) is 0 Å². The van der Waals surface area contributed by atoms with Crippen molar-refractivity contribution in [3.8, 4) is 0 Å². The summed E-state index contributed by atoms with van der Waals surface area (Å²) in [5.41, 5.74) is 0.251. The Kier molecular flexibility index (Phi) is 3.13. The van der Waals surface area contributed by atoms with Gasteiger partial charge in [-0.15, -0.1) is 0 Å². The van der Waals surface area contributed by atoms with E-state index in [0.717, 1.165) is 18.9 Å². The van der Waals surface area contributed by atoms with Crippen LogP contribution in [-0.2, 0) is 4.79 Å². The molecule has 1 N–H and O–H groups in total. The first-order chi connectivity index (χ1) is 8.64. The molecule has 3 heteroatoms. The molecule has 3 rings (SSSR count). The van der Waals surface area contributed by atoms with Crippen molar-refractivity contribution in [1.29, 1.82) is 0 Å². The number of carbonyl (C=O) groups is 1. The molecule has 2 aliphatic carbocycles. The molecule has 1 heterocycles. The van der Waals surface area contributed by atoms with Gasteiger partial charge in [0.1, 0.15) is 0 Å². The van der Waals surface area contributed by atoms with E-state index in [1.165, 1.54) is 38.5 Å². The molecular formula is C15H26N2O. The van der Waals surface area contributed by atoms with Crippen LogP contribution in [0.5, 0.6) is 0 Å². The molecule has 2 saturated carbocycles. The van der Waals surface area contributed by atoms with E-state index in [1.807, 2.05) is 7.05 Å². The number of fused-ring (bicyclic) bond motifs is 2. The van der Waals surface area contributed by atoms with E-state index in [9.17, 15) is 4.79 Å². The molecule has 3 aliphatic rings. The van der Waals surface area contributed by atoms with E-state index in [-0.39, 0.29) is 11.6 Å². The third kappa shape index (κ3) is 1.87. The molecule has 2 bridgehead atoms. The Balaban J connectivity index is 1.83. The van der Waals surface area contributed by atoms with Gasteiger partial charge < -0.3 is 10.2 Å². The minimum absolute atomic E-state index is 0.0523. The number of likely N-dealkylation sites (N-methyl/N-ethyl adjacent to an activating group) is 1. The lowest BCUT2D eigenvalue weighted by Crippen LogP contribution is -2.54. The van der Waals surface area contributed by atoms with Crippen LogP contribution in [0.1, 0.15) is 51.9 Å². The third-order valence-corrected chi connectivity index (χ3v) is 5.67. The average molecular weight is 250 g/mol. The second-order valence-corrected chi connectivity index (χ2v) is 6.83. The van der Waals surface area contributed by atoms with Gasteiger partial charge in [0, 0.05) is 12.1 Å². The number of nitrogens with one attached hydrogen (secondary N) is 1. The Hall–Kier alpha value is -0.570. The lowest BCUT2D eigenvalue weighted by Gasteiger charge is -2.41. The van der Waals surface area contributed by atoms with Crippen LogP contribution < -0.4 is 5.32 Å². The summed E-state index contributed by atoms with van der Waals surface area (Å²) < 4.78 is 0. The van der Waals surface area contributed by atoms with Crippen LogP contribution >= 0.6 is 0 Å². The Morgan fingerprint density at radius 3 is 2.56 bits per heavy atom. The molecule has 18 heavy (non-hydrogen) atoms. The van der Waals surface area contributed by atoms with Gasteiger partial charge >= 0.3 is 0 Å². The molecule has 102 valence electrons. The molecule has 1 saturated heterocycles. The molecule has 0 radical (unpaired) electrons. The fourth-order valence-electron chi connectivity index (χ4n) is 4.52. The normalized spacial score (nSPS) is 44.4. The molecule has 0 aromatic rings. The van der Waals surface area contributed by atoms with Crippen LogP contribution in [-0.4, -0.2) is 36.0 Å². The van der Waals surface area contributed by atoms with E-state index < -0.39 is 0 Å². The standard InChI is InChI=1S/C15H26N2O/c1-11-5-8-17(14(18)13(9-11)16-2)15-6-3-12(10-15)4-7-15/h11-13,16H,3-10H2,1-2H3. The van der Waals surface area contributed by atoms with Crippen molar-refractivity contribution in [2.24, 2.45) is 11.8 Å². The fraction of sp³-hybridized carbons (Fsp3) is 0.933. The van der Waals surface area contributed by atoms with Gasteiger partial charge in [0.15, 0.2) is 0 Å². The maximum Gasteiger partial charge on any atom is 0.240 e. The van der Waals surface area contributed by atoms with Crippen molar-refractivity contribution in [3.05, 3.63) is 0 Å². The van der Waals surface area contributed by atoms with Gasteiger partial charge in [-0.2, -0.15) is 0 Å². The summed E-state index contributed by atoms with van der Waals surface area (Å²) in [6.45, 7) is 3.27. The molecule has 1 amide bonds. The molecule has 3 fully saturated rings. The van der Waals surface area contributed by atoms with Crippen LogP contribution in [0.25, 0.3) is 0 Å². The molecule has 0 aromatic heterocycles. The predicted molar refractivity (Wildman–Crippen MR) is 72.3 cm³/mol. The fourth-order valence-corrected chi connectivity index (χ4v) is 4.52. The average Bonchev–Trinajstić information content (AvgIpc) is 2.93. The van der Waals surface area contributed by atoms with Gasteiger partial charge in [-0.05, 0) is 63.8 Å². The van der Waals surface area contributed by atoms with Gasteiger partial charge in [0.25, 0.3) is 0 Å². The van der Waals surface area contributed by atoms with Crippen molar-refractivity contribution < 1.29 is 4.79 Å². The number of likely N-dealkylation sites (tertiary alicyclic amines) is 1. The van der Waals surface area contributed by atoms with Crippen molar-refractivity contribution in [2.45, 2.75) is 63.5 Å². The Morgan fingerprint density at radius 1 is 1.28 bits per heavy atom. The highest BCUT2D eigenvalue weighted by atomic mass is 16.2. The number of hydrogen-bond donors (Lipinski definition) is 1. The summed E-state index contributed by atoms with van der Waals surface area (Å²) >= 11 is 0. The van der Waals surface area contributed by atoms with Crippen molar-refractivity contribution >= 4 is 5.91 Å². The number of carbonyl (C=O) groups excluding carboxylic acids is 1. The minimum Gasteiger partial charge on any atom is -0.336 e. The largest absolute Gasteiger partial charge is 0.336 e.